The summed E-state index contributed by atoms with van der Waals surface area (Å²) in [6.07, 6.45) is 5.08. The van der Waals surface area contributed by atoms with Crippen molar-refractivity contribution in [2.75, 3.05) is 24.6 Å². The average molecular weight is 380 g/mol. The van der Waals surface area contributed by atoms with Crippen molar-refractivity contribution in [3.05, 3.63) is 17.2 Å². The molecule has 1 atom stereocenters. The quantitative estimate of drug-likeness (QED) is 0.816. The Kier molecular flexibility index (Phi) is 4.50. The molecule has 0 radical (unpaired) electrons. The van der Waals surface area contributed by atoms with Crippen LogP contribution in [0.25, 0.3) is 0 Å². The number of nitrogens with one attached hydrogen (secondary N) is 1. The van der Waals surface area contributed by atoms with Gasteiger partial charge in [-0.15, -0.1) is 0 Å². The van der Waals surface area contributed by atoms with E-state index in [0.717, 1.165) is 44.5 Å². The second-order valence-corrected chi connectivity index (χ2v) is 9.64. The Morgan fingerprint density at radius 2 is 1.81 bits per heavy atom. The molecule has 0 aromatic carbocycles. The highest BCUT2D eigenvalue weighted by atomic mass is 32.2. The number of fused-ring (bicyclic) bond motifs is 1. The third-order valence-corrected chi connectivity index (χ3v) is 7.25. The van der Waals surface area contributed by atoms with Gasteiger partial charge in [-0.25, -0.2) is 13.4 Å². The molecule has 4 rings (SSSR count). The molecule has 2 saturated heterocycles. The minimum Gasteiger partial charge on any atom is -0.347 e. The summed E-state index contributed by atoms with van der Waals surface area (Å²) in [6, 6.07) is -0.369. The van der Waals surface area contributed by atoms with Gasteiger partial charge in [0.05, 0.1) is 17.2 Å². The first-order valence-electron chi connectivity index (χ1n) is 9.34. The van der Waals surface area contributed by atoms with Gasteiger partial charge in [0.15, 0.2) is 15.7 Å². The van der Waals surface area contributed by atoms with Crippen LogP contribution in [0.3, 0.4) is 0 Å². The van der Waals surface area contributed by atoms with Crippen molar-refractivity contribution < 1.29 is 18.0 Å². The number of imidazole rings is 1. The van der Waals surface area contributed by atoms with E-state index >= 15 is 0 Å². The van der Waals surface area contributed by atoms with Gasteiger partial charge < -0.3 is 14.8 Å². The molecule has 142 valence electrons. The van der Waals surface area contributed by atoms with Crippen LogP contribution in [0, 0.1) is 0 Å². The zero-order chi connectivity index (χ0) is 18.3. The number of nitrogens with zero attached hydrogens (tertiary/aromatic N) is 3. The standard InChI is InChI=1S/C17H24N4O4S/c22-16(18-12-6-10-26(24,25)11-12)14-13-5-1-2-9-21(13)15(19-14)17(23)20-7-3-4-8-20/h12H,1-11H2,(H,18,22). The molecule has 3 aliphatic rings. The van der Waals surface area contributed by atoms with Crippen LogP contribution in [0.2, 0.25) is 0 Å². The third kappa shape index (κ3) is 3.24. The molecule has 1 unspecified atom stereocenters. The maximum atomic E-state index is 12.8. The van der Waals surface area contributed by atoms with E-state index in [9.17, 15) is 18.0 Å². The largest absolute Gasteiger partial charge is 0.347 e. The fourth-order valence-electron chi connectivity index (χ4n) is 4.11. The van der Waals surface area contributed by atoms with E-state index in [1.54, 1.807) is 4.90 Å². The van der Waals surface area contributed by atoms with Gasteiger partial charge >= 0.3 is 0 Å². The Balaban J connectivity index is 1.59. The molecule has 9 heteroatoms. The lowest BCUT2D eigenvalue weighted by atomic mass is 10.1. The summed E-state index contributed by atoms with van der Waals surface area (Å²) >= 11 is 0. The highest BCUT2D eigenvalue weighted by Crippen LogP contribution is 2.23. The highest BCUT2D eigenvalue weighted by Gasteiger charge is 2.33. The van der Waals surface area contributed by atoms with E-state index in [2.05, 4.69) is 10.3 Å². The van der Waals surface area contributed by atoms with E-state index in [1.807, 2.05) is 4.57 Å². The molecule has 26 heavy (non-hydrogen) atoms. The minimum absolute atomic E-state index is 0.0195. The smallest absolute Gasteiger partial charge is 0.289 e. The summed E-state index contributed by atoms with van der Waals surface area (Å²) in [4.78, 5) is 31.8. The molecule has 1 N–H and O–H groups in total. The molecule has 0 bridgehead atoms. The molecule has 8 nitrogen and oxygen atoms in total. The van der Waals surface area contributed by atoms with E-state index in [4.69, 9.17) is 0 Å². The molecule has 1 aromatic rings. The van der Waals surface area contributed by atoms with Gasteiger partial charge in [0.1, 0.15) is 5.69 Å². The number of rotatable bonds is 3. The summed E-state index contributed by atoms with van der Waals surface area (Å²) in [5, 5.41) is 2.80. The molecular formula is C17H24N4O4S. The normalized spacial score (nSPS) is 24.5. The lowest BCUT2D eigenvalue weighted by Crippen LogP contribution is -2.36. The van der Waals surface area contributed by atoms with Gasteiger partial charge in [-0.2, -0.15) is 0 Å². The lowest BCUT2D eigenvalue weighted by molar-refractivity contribution is 0.0774. The lowest BCUT2D eigenvalue weighted by Gasteiger charge is -2.19. The van der Waals surface area contributed by atoms with Gasteiger partial charge in [-0.05, 0) is 38.5 Å². The number of hydrogen-bond donors (Lipinski definition) is 1. The molecule has 0 aliphatic carbocycles. The van der Waals surface area contributed by atoms with Gasteiger partial charge in [-0.1, -0.05) is 0 Å². The highest BCUT2D eigenvalue weighted by molar-refractivity contribution is 7.91. The second kappa shape index (κ2) is 6.68. The minimum atomic E-state index is -3.06. The molecule has 3 aliphatic heterocycles. The fourth-order valence-corrected chi connectivity index (χ4v) is 5.79. The van der Waals surface area contributed by atoms with E-state index < -0.39 is 9.84 Å². The maximum Gasteiger partial charge on any atom is 0.289 e. The molecule has 2 amide bonds. The van der Waals surface area contributed by atoms with Crippen LogP contribution in [0.4, 0.5) is 0 Å². The predicted molar refractivity (Wildman–Crippen MR) is 94.8 cm³/mol. The first-order valence-corrected chi connectivity index (χ1v) is 11.2. The van der Waals surface area contributed by atoms with E-state index in [-0.39, 0.29) is 35.1 Å². The fraction of sp³-hybridized carbons (Fsp3) is 0.706. The van der Waals surface area contributed by atoms with Gasteiger partial charge in [0.2, 0.25) is 0 Å². The van der Waals surface area contributed by atoms with Crippen LogP contribution in [0.1, 0.15) is 58.9 Å². The Morgan fingerprint density at radius 1 is 1.08 bits per heavy atom. The number of amides is 2. The topological polar surface area (TPSA) is 101 Å². The van der Waals surface area contributed by atoms with Crippen molar-refractivity contribution in [2.24, 2.45) is 0 Å². The van der Waals surface area contributed by atoms with Crippen molar-refractivity contribution in [1.82, 2.24) is 19.8 Å². The first-order chi connectivity index (χ1) is 12.4. The van der Waals surface area contributed by atoms with Crippen molar-refractivity contribution in [3.63, 3.8) is 0 Å². The Bertz CT molecular complexity index is 839. The number of likely N-dealkylation sites (tertiary alicyclic amines) is 1. The molecule has 0 saturated carbocycles. The zero-order valence-electron chi connectivity index (χ0n) is 14.7. The summed E-state index contributed by atoms with van der Waals surface area (Å²) in [7, 11) is -3.06. The summed E-state index contributed by atoms with van der Waals surface area (Å²) in [5.41, 5.74) is 1.09. The summed E-state index contributed by atoms with van der Waals surface area (Å²) in [5.74, 6) is -0.0242. The number of carbonyl (C=O) groups excluding carboxylic acids is 2. The number of sulfone groups is 1. The maximum absolute atomic E-state index is 12.8. The van der Waals surface area contributed by atoms with Gasteiger partial charge in [-0.3, -0.25) is 9.59 Å². The van der Waals surface area contributed by atoms with Crippen molar-refractivity contribution >= 4 is 21.7 Å². The first kappa shape index (κ1) is 17.5. The van der Waals surface area contributed by atoms with Crippen molar-refractivity contribution in [3.8, 4) is 0 Å². The van der Waals surface area contributed by atoms with Crippen LogP contribution in [-0.2, 0) is 22.8 Å². The molecule has 0 spiro atoms. The second-order valence-electron chi connectivity index (χ2n) is 7.41. The van der Waals surface area contributed by atoms with E-state index in [1.165, 1.54) is 0 Å². The Labute approximate surface area is 152 Å². The average Bonchev–Trinajstić information content (AvgIpc) is 3.33. The summed E-state index contributed by atoms with van der Waals surface area (Å²) in [6.45, 7) is 2.17. The van der Waals surface area contributed by atoms with Crippen LogP contribution >= 0.6 is 0 Å². The monoisotopic (exact) mass is 380 g/mol. The molecule has 4 heterocycles. The van der Waals surface area contributed by atoms with Crippen LogP contribution in [0.5, 0.6) is 0 Å². The number of carbonyl (C=O) groups is 2. The van der Waals surface area contributed by atoms with Crippen molar-refractivity contribution in [2.45, 2.75) is 51.1 Å². The van der Waals surface area contributed by atoms with Crippen molar-refractivity contribution in [1.29, 1.82) is 0 Å². The Hall–Kier alpha value is -1.90. The third-order valence-electron chi connectivity index (χ3n) is 5.49. The summed E-state index contributed by atoms with van der Waals surface area (Å²) < 4.78 is 25.1. The predicted octanol–water partition coefficient (Wildman–Crippen LogP) is 0.372. The number of hydrogen-bond acceptors (Lipinski definition) is 5. The molecule has 2 fully saturated rings. The van der Waals surface area contributed by atoms with Crippen LogP contribution in [-0.4, -0.2) is 65.3 Å². The zero-order valence-corrected chi connectivity index (χ0v) is 15.6. The Morgan fingerprint density at radius 3 is 2.50 bits per heavy atom. The SMILES string of the molecule is O=C(NC1CCS(=O)(=O)C1)c1nc(C(=O)N2CCCC2)n2c1CCCC2. The van der Waals surface area contributed by atoms with Gasteiger partial charge in [0.25, 0.3) is 11.8 Å². The molecule has 1 aromatic heterocycles. The number of aromatic nitrogens is 2. The molecular weight excluding hydrogens is 356 g/mol. The van der Waals surface area contributed by atoms with E-state index in [0.29, 0.717) is 25.2 Å². The van der Waals surface area contributed by atoms with Gasteiger partial charge in [0, 0.05) is 25.7 Å². The van der Waals surface area contributed by atoms with Crippen LogP contribution < -0.4 is 5.32 Å². The van der Waals surface area contributed by atoms with Crippen LogP contribution in [0.15, 0.2) is 0 Å².